The zero-order valence-corrected chi connectivity index (χ0v) is 6.14. The van der Waals surface area contributed by atoms with Crippen LogP contribution < -0.4 is 0 Å². The number of likely N-dealkylation sites (tertiary alicyclic amines) is 1. The second kappa shape index (κ2) is 3.02. The lowest BCUT2D eigenvalue weighted by molar-refractivity contribution is 0.364. The van der Waals surface area contributed by atoms with Crippen molar-refractivity contribution in [3.8, 4) is 0 Å². The van der Waals surface area contributed by atoms with Crippen LogP contribution in [0, 0.1) is 5.92 Å². The summed E-state index contributed by atoms with van der Waals surface area (Å²) >= 11 is 0. The van der Waals surface area contributed by atoms with Crippen LogP contribution in [0.15, 0.2) is 12.7 Å². The quantitative estimate of drug-likeness (QED) is 0.506. The first-order chi connectivity index (χ1) is 4.33. The van der Waals surface area contributed by atoms with Gasteiger partial charge in [0.05, 0.1) is 0 Å². The van der Waals surface area contributed by atoms with E-state index < -0.39 is 0 Å². The molecule has 9 heavy (non-hydrogen) atoms. The van der Waals surface area contributed by atoms with Crippen molar-refractivity contribution < 1.29 is 0 Å². The minimum Gasteiger partial charge on any atom is -0.299 e. The molecule has 0 aromatic carbocycles. The molecule has 1 atom stereocenters. The van der Waals surface area contributed by atoms with Crippen molar-refractivity contribution in [3.63, 3.8) is 0 Å². The van der Waals surface area contributed by atoms with E-state index >= 15 is 0 Å². The maximum atomic E-state index is 3.71. The van der Waals surface area contributed by atoms with Crippen LogP contribution in [0.4, 0.5) is 0 Å². The van der Waals surface area contributed by atoms with Gasteiger partial charge in [-0.1, -0.05) is 13.0 Å². The first-order valence-corrected chi connectivity index (χ1v) is 3.66. The summed E-state index contributed by atoms with van der Waals surface area (Å²) in [6.07, 6.45) is 3.35. The van der Waals surface area contributed by atoms with Crippen molar-refractivity contribution in [3.05, 3.63) is 12.7 Å². The molecule has 1 rings (SSSR count). The smallest absolute Gasteiger partial charge is 0.0160 e. The Morgan fingerprint density at radius 1 is 1.78 bits per heavy atom. The largest absolute Gasteiger partial charge is 0.299 e. The third kappa shape index (κ3) is 1.83. The van der Waals surface area contributed by atoms with Gasteiger partial charge < -0.3 is 0 Å². The average molecular weight is 125 g/mol. The van der Waals surface area contributed by atoms with Crippen molar-refractivity contribution in [1.82, 2.24) is 4.90 Å². The molecule has 0 amide bonds. The molecule has 1 aliphatic rings. The first kappa shape index (κ1) is 6.81. The second-order valence-corrected chi connectivity index (χ2v) is 2.94. The summed E-state index contributed by atoms with van der Waals surface area (Å²) in [7, 11) is 0. The molecule has 0 spiro atoms. The number of rotatable bonds is 2. The number of hydrogen-bond acceptors (Lipinski definition) is 1. The molecule has 0 aromatic heterocycles. The minimum atomic E-state index is 0.907. The highest BCUT2D eigenvalue weighted by molar-refractivity contribution is 4.79. The summed E-state index contributed by atoms with van der Waals surface area (Å²) in [6, 6.07) is 0. The van der Waals surface area contributed by atoms with Crippen LogP contribution in [-0.2, 0) is 0 Å². The van der Waals surface area contributed by atoms with Gasteiger partial charge in [0.15, 0.2) is 0 Å². The van der Waals surface area contributed by atoms with Gasteiger partial charge in [0.25, 0.3) is 0 Å². The molecule has 1 heteroatoms. The van der Waals surface area contributed by atoms with Crippen molar-refractivity contribution in [2.45, 2.75) is 13.3 Å². The summed E-state index contributed by atoms with van der Waals surface area (Å²) in [5, 5.41) is 0. The fourth-order valence-corrected chi connectivity index (χ4v) is 1.37. The monoisotopic (exact) mass is 125 g/mol. The van der Waals surface area contributed by atoms with Crippen molar-refractivity contribution in [2.24, 2.45) is 5.92 Å². The van der Waals surface area contributed by atoms with Gasteiger partial charge >= 0.3 is 0 Å². The molecule has 1 saturated heterocycles. The molecule has 52 valence electrons. The molecule has 0 bridgehead atoms. The lowest BCUT2D eigenvalue weighted by Crippen LogP contribution is -2.19. The van der Waals surface area contributed by atoms with Gasteiger partial charge in [0.2, 0.25) is 0 Å². The molecule has 1 aliphatic heterocycles. The molecule has 0 aliphatic carbocycles. The Morgan fingerprint density at radius 2 is 2.56 bits per heavy atom. The summed E-state index contributed by atoms with van der Waals surface area (Å²) < 4.78 is 0. The van der Waals surface area contributed by atoms with Crippen LogP contribution >= 0.6 is 0 Å². The van der Waals surface area contributed by atoms with Crippen LogP contribution in [0.5, 0.6) is 0 Å². The lowest BCUT2D eigenvalue weighted by Gasteiger charge is -2.10. The van der Waals surface area contributed by atoms with Gasteiger partial charge in [0.1, 0.15) is 0 Å². The zero-order valence-electron chi connectivity index (χ0n) is 6.14. The predicted molar refractivity (Wildman–Crippen MR) is 40.4 cm³/mol. The number of hydrogen-bond donors (Lipinski definition) is 0. The van der Waals surface area contributed by atoms with Gasteiger partial charge in [0, 0.05) is 13.1 Å². The molecule has 0 N–H and O–H groups in total. The van der Waals surface area contributed by atoms with E-state index in [-0.39, 0.29) is 0 Å². The molecule has 0 saturated carbocycles. The highest BCUT2D eigenvalue weighted by Crippen LogP contribution is 2.13. The van der Waals surface area contributed by atoms with Crippen molar-refractivity contribution in [2.75, 3.05) is 19.6 Å². The van der Waals surface area contributed by atoms with Crippen LogP contribution in [0.3, 0.4) is 0 Å². The van der Waals surface area contributed by atoms with Gasteiger partial charge in [-0.05, 0) is 18.9 Å². The average Bonchev–Trinajstić information content (AvgIpc) is 2.17. The van der Waals surface area contributed by atoms with E-state index in [1.165, 1.54) is 19.5 Å². The normalized spacial score (nSPS) is 28.8. The molecule has 0 aromatic rings. The molecule has 1 nitrogen and oxygen atoms in total. The number of nitrogens with zero attached hydrogens (tertiary/aromatic N) is 1. The molecule has 0 unspecified atom stereocenters. The first-order valence-electron chi connectivity index (χ1n) is 3.66. The van der Waals surface area contributed by atoms with Crippen LogP contribution in [0.2, 0.25) is 0 Å². The SMILES string of the molecule is C=CCN1CC[C@H](C)C1. The van der Waals surface area contributed by atoms with E-state index in [0.717, 1.165) is 12.5 Å². The maximum absolute atomic E-state index is 3.71. The van der Waals surface area contributed by atoms with E-state index in [1.807, 2.05) is 6.08 Å². The second-order valence-electron chi connectivity index (χ2n) is 2.94. The van der Waals surface area contributed by atoms with Crippen LogP contribution in [0.1, 0.15) is 13.3 Å². The highest BCUT2D eigenvalue weighted by atomic mass is 15.1. The van der Waals surface area contributed by atoms with Gasteiger partial charge in [-0.15, -0.1) is 6.58 Å². The minimum absolute atomic E-state index is 0.907. The zero-order chi connectivity index (χ0) is 6.69. The van der Waals surface area contributed by atoms with E-state index in [4.69, 9.17) is 0 Å². The molecular weight excluding hydrogens is 110 g/mol. The van der Waals surface area contributed by atoms with Gasteiger partial charge in [-0.3, -0.25) is 4.90 Å². The molecule has 0 radical (unpaired) electrons. The van der Waals surface area contributed by atoms with Gasteiger partial charge in [-0.2, -0.15) is 0 Å². The lowest BCUT2D eigenvalue weighted by atomic mass is 10.2. The Hall–Kier alpha value is -0.300. The Morgan fingerprint density at radius 3 is 3.00 bits per heavy atom. The summed E-state index contributed by atoms with van der Waals surface area (Å²) in [4.78, 5) is 2.44. The Balaban J connectivity index is 2.21. The van der Waals surface area contributed by atoms with E-state index in [2.05, 4.69) is 18.4 Å². The van der Waals surface area contributed by atoms with Crippen LogP contribution in [0.25, 0.3) is 0 Å². The Labute approximate surface area is 57.4 Å². The van der Waals surface area contributed by atoms with E-state index in [0.29, 0.717) is 0 Å². The molecule has 1 heterocycles. The fraction of sp³-hybridized carbons (Fsp3) is 0.750. The van der Waals surface area contributed by atoms with Crippen molar-refractivity contribution in [1.29, 1.82) is 0 Å². The third-order valence-electron chi connectivity index (χ3n) is 1.90. The fourth-order valence-electron chi connectivity index (χ4n) is 1.37. The summed E-state index contributed by atoms with van der Waals surface area (Å²) in [5.41, 5.74) is 0. The predicted octanol–water partition coefficient (Wildman–Crippen LogP) is 1.51. The van der Waals surface area contributed by atoms with E-state index in [1.54, 1.807) is 0 Å². The highest BCUT2D eigenvalue weighted by Gasteiger charge is 2.16. The summed E-state index contributed by atoms with van der Waals surface area (Å²) in [5.74, 6) is 0.907. The topological polar surface area (TPSA) is 3.24 Å². The molecule has 1 fully saturated rings. The van der Waals surface area contributed by atoms with Gasteiger partial charge in [-0.25, -0.2) is 0 Å². The standard InChI is InChI=1S/C8H15N/c1-3-5-9-6-4-8(2)7-9/h3,8H,1,4-7H2,2H3/t8-/m0/s1. The Kier molecular flexibility index (Phi) is 2.29. The maximum Gasteiger partial charge on any atom is 0.0160 e. The molecular formula is C8H15N. The van der Waals surface area contributed by atoms with E-state index in [9.17, 15) is 0 Å². The summed E-state index contributed by atoms with van der Waals surface area (Å²) in [6.45, 7) is 9.63. The Bertz CT molecular complexity index is 98.7. The third-order valence-corrected chi connectivity index (χ3v) is 1.90. The van der Waals surface area contributed by atoms with Crippen molar-refractivity contribution >= 4 is 0 Å². The van der Waals surface area contributed by atoms with Crippen LogP contribution in [-0.4, -0.2) is 24.5 Å².